The number of aromatic hydroxyl groups is 1. The van der Waals surface area contributed by atoms with Crippen molar-refractivity contribution >= 4 is 28.1 Å². The van der Waals surface area contributed by atoms with Crippen LogP contribution >= 0.6 is 11.3 Å². The van der Waals surface area contributed by atoms with E-state index in [-0.39, 0.29) is 30.4 Å². The van der Waals surface area contributed by atoms with Crippen molar-refractivity contribution in [3.63, 3.8) is 0 Å². The average Bonchev–Trinajstić information content (AvgIpc) is 3.35. The van der Waals surface area contributed by atoms with Gasteiger partial charge in [0, 0.05) is 6.20 Å². The summed E-state index contributed by atoms with van der Waals surface area (Å²) in [7, 11) is 0. The van der Waals surface area contributed by atoms with Crippen LogP contribution in [0, 0.1) is 6.92 Å². The van der Waals surface area contributed by atoms with Crippen molar-refractivity contribution in [1.82, 2.24) is 29.4 Å². The van der Waals surface area contributed by atoms with Crippen LogP contribution in [0.1, 0.15) is 38.5 Å². The second-order valence-electron chi connectivity index (χ2n) is 7.33. The number of hydrogen-bond donors (Lipinski definition) is 2. The van der Waals surface area contributed by atoms with Crippen molar-refractivity contribution < 1.29 is 19.4 Å². The van der Waals surface area contributed by atoms with Crippen LogP contribution in [0.2, 0.25) is 0 Å². The van der Waals surface area contributed by atoms with Gasteiger partial charge >= 0.3 is 0 Å². The van der Waals surface area contributed by atoms with E-state index in [1.807, 2.05) is 13.8 Å². The second kappa shape index (κ2) is 6.64. The summed E-state index contributed by atoms with van der Waals surface area (Å²) < 4.78 is 8.65. The molecule has 1 fully saturated rings. The van der Waals surface area contributed by atoms with E-state index in [0.717, 1.165) is 5.01 Å². The van der Waals surface area contributed by atoms with Gasteiger partial charge in [-0.15, -0.1) is 0 Å². The lowest BCUT2D eigenvalue weighted by atomic mass is 10.1. The number of hydrogen-bond acceptors (Lipinski definition) is 8. The molecule has 3 aromatic heterocycles. The van der Waals surface area contributed by atoms with Gasteiger partial charge in [-0.25, -0.2) is 9.50 Å². The molecule has 5 heterocycles. The van der Waals surface area contributed by atoms with E-state index in [2.05, 4.69) is 15.4 Å². The highest BCUT2D eigenvalue weighted by atomic mass is 32.1. The predicted octanol–water partition coefficient (Wildman–Crippen LogP) is 0.0971. The first kappa shape index (κ1) is 18.8. The lowest BCUT2D eigenvalue weighted by Crippen LogP contribution is -2.49. The number of ether oxygens (including phenoxy) is 1. The van der Waals surface area contributed by atoms with E-state index < -0.39 is 29.2 Å². The first-order valence-corrected chi connectivity index (χ1v) is 10.2. The molecule has 2 atom stereocenters. The minimum atomic E-state index is -0.888. The molecular weight excluding hydrogens is 412 g/mol. The molecule has 1 saturated heterocycles. The smallest absolute Gasteiger partial charge is 0.276 e. The number of carbonyl (C=O) groups is 2. The predicted molar refractivity (Wildman–Crippen MR) is 105 cm³/mol. The molecule has 2 amide bonds. The number of imidazole rings is 1. The van der Waals surface area contributed by atoms with Gasteiger partial charge in [-0.3, -0.25) is 14.4 Å². The Morgan fingerprint density at radius 3 is 2.97 bits per heavy atom. The molecule has 156 valence electrons. The van der Waals surface area contributed by atoms with E-state index in [9.17, 15) is 19.5 Å². The van der Waals surface area contributed by atoms with E-state index in [4.69, 9.17) is 4.74 Å². The fraction of sp³-hybridized carbons (Fsp3) is 0.389. The Kier molecular flexibility index (Phi) is 4.15. The van der Waals surface area contributed by atoms with Gasteiger partial charge in [0.15, 0.2) is 17.7 Å². The summed E-state index contributed by atoms with van der Waals surface area (Å²) in [5.41, 5.74) is -0.676. The Hall–Kier alpha value is -3.25. The van der Waals surface area contributed by atoms with Gasteiger partial charge < -0.3 is 24.6 Å². The third kappa shape index (κ3) is 2.79. The van der Waals surface area contributed by atoms with E-state index in [0.29, 0.717) is 17.3 Å². The van der Waals surface area contributed by atoms with Crippen molar-refractivity contribution in [1.29, 1.82) is 0 Å². The van der Waals surface area contributed by atoms with Crippen LogP contribution in [-0.2, 0) is 17.8 Å². The van der Waals surface area contributed by atoms with Crippen LogP contribution in [0.25, 0.3) is 4.96 Å². The molecule has 2 aliphatic rings. The van der Waals surface area contributed by atoms with E-state index >= 15 is 0 Å². The van der Waals surface area contributed by atoms with Gasteiger partial charge in [0.25, 0.3) is 11.8 Å². The molecule has 0 aliphatic carbocycles. The standard InChI is InChI=1S/C18H18N6O5S/c1-8-7-29-12-6-22-5-11(14(25)15(26)13(22)17(28)24(8)12)16(27)19-3-10-4-23-18(20-10)30-9(2)21-23/h4-5,8,12,26H,3,6-7H2,1-2H3,(H,19,27)/t8-,12+/m0/s1. The van der Waals surface area contributed by atoms with E-state index in [1.165, 1.54) is 27.0 Å². The Balaban J connectivity index is 1.41. The first-order chi connectivity index (χ1) is 14.3. The van der Waals surface area contributed by atoms with Crippen molar-refractivity contribution in [3.05, 3.63) is 44.6 Å². The molecule has 0 spiro atoms. The highest BCUT2D eigenvalue weighted by Crippen LogP contribution is 2.29. The Morgan fingerprint density at radius 2 is 2.20 bits per heavy atom. The molecule has 30 heavy (non-hydrogen) atoms. The molecule has 12 heteroatoms. The molecule has 2 N–H and O–H groups in total. The van der Waals surface area contributed by atoms with Crippen molar-refractivity contribution in [2.75, 3.05) is 6.61 Å². The normalized spacial score (nSPS) is 20.5. The number of nitrogens with zero attached hydrogens (tertiary/aromatic N) is 5. The molecular formula is C18H18N6O5S. The van der Waals surface area contributed by atoms with Gasteiger partial charge in [0.05, 0.1) is 37.6 Å². The molecule has 0 saturated carbocycles. The minimum absolute atomic E-state index is 0.0892. The topological polar surface area (TPSA) is 131 Å². The Morgan fingerprint density at radius 1 is 1.40 bits per heavy atom. The maximum Gasteiger partial charge on any atom is 0.276 e. The number of aryl methyl sites for hydroxylation is 1. The summed E-state index contributed by atoms with van der Waals surface area (Å²) in [5, 5.41) is 18.2. The van der Waals surface area contributed by atoms with Crippen LogP contribution in [0.5, 0.6) is 5.75 Å². The molecule has 11 nitrogen and oxygen atoms in total. The summed E-state index contributed by atoms with van der Waals surface area (Å²) in [4.78, 5) is 44.6. The van der Waals surface area contributed by atoms with Crippen LogP contribution < -0.4 is 10.7 Å². The number of rotatable bonds is 3. The SMILES string of the molecule is Cc1nn2cc(CNC(=O)c3cn4c(c(O)c3=O)C(=O)N3[C@@H](C)CO[C@@H]3C4)nc2s1. The summed E-state index contributed by atoms with van der Waals surface area (Å²) in [6.07, 6.45) is 2.50. The molecule has 3 aromatic rings. The lowest BCUT2D eigenvalue weighted by molar-refractivity contribution is 0.00624. The van der Waals surface area contributed by atoms with Gasteiger partial charge in [0.1, 0.15) is 10.6 Å². The minimum Gasteiger partial charge on any atom is -0.503 e. The fourth-order valence-electron chi connectivity index (χ4n) is 3.83. The highest BCUT2D eigenvalue weighted by Gasteiger charge is 2.42. The molecule has 0 aromatic carbocycles. The maximum atomic E-state index is 12.8. The zero-order chi connectivity index (χ0) is 21.2. The van der Waals surface area contributed by atoms with Crippen molar-refractivity contribution in [3.8, 4) is 5.75 Å². The number of nitrogens with one attached hydrogen (secondary N) is 1. The summed E-state index contributed by atoms with van der Waals surface area (Å²) in [5.74, 6) is -1.88. The molecule has 2 aliphatic heterocycles. The average molecular weight is 430 g/mol. The lowest BCUT2D eigenvalue weighted by Gasteiger charge is -2.33. The largest absolute Gasteiger partial charge is 0.503 e. The van der Waals surface area contributed by atoms with Crippen molar-refractivity contribution in [2.45, 2.75) is 39.2 Å². The molecule has 0 radical (unpaired) electrons. The van der Waals surface area contributed by atoms with E-state index in [1.54, 1.807) is 10.7 Å². The zero-order valence-electron chi connectivity index (χ0n) is 16.2. The fourth-order valence-corrected chi connectivity index (χ4v) is 4.58. The summed E-state index contributed by atoms with van der Waals surface area (Å²) >= 11 is 1.43. The molecule has 0 bridgehead atoms. The van der Waals surface area contributed by atoms with Gasteiger partial charge in [-0.2, -0.15) is 5.10 Å². The van der Waals surface area contributed by atoms with Crippen molar-refractivity contribution in [2.24, 2.45) is 0 Å². The third-order valence-corrected chi connectivity index (χ3v) is 6.07. The summed E-state index contributed by atoms with van der Waals surface area (Å²) in [6, 6.07) is -0.156. The number of amides is 2. The Bertz CT molecular complexity index is 1230. The number of pyridine rings is 1. The third-order valence-electron chi connectivity index (χ3n) is 5.23. The number of carbonyl (C=O) groups excluding carboxylic acids is 2. The summed E-state index contributed by atoms with van der Waals surface area (Å²) in [6.45, 7) is 4.40. The zero-order valence-corrected chi connectivity index (χ0v) is 17.0. The Labute approximate surface area is 173 Å². The van der Waals surface area contributed by atoms with Crippen LogP contribution in [0.4, 0.5) is 0 Å². The van der Waals surface area contributed by atoms with Crippen LogP contribution in [-0.4, -0.2) is 59.9 Å². The number of fused-ring (bicyclic) bond motifs is 3. The van der Waals surface area contributed by atoms with Gasteiger partial charge in [-0.1, -0.05) is 11.3 Å². The second-order valence-corrected chi connectivity index (χ2v) is 8.49. The van der Waals surface area contributed by atoms with Crippen LogP contribution in [0.3, 0.4) is 0 Å². The number of aromatic nitrogens is 4. The van der Waals surface area contributed by atoms with Gasteiger partial charge in [-0.05, 0) is 13.8 Å². The quantitative estimate of drug-likeness (QED) is 0.602. The first-order valence-electron chi connectivity index (χ1n) is 9.34. The molecule has 0 unspecified atom stereocenters. The van der Waals surface area contributed by atoms with Crippen LogP contribution in [0.15, 0.2) is 17.2 Å². The molecule has 5 rings (SSSR count). The maximum absolute atomic E-state index is 12.8. The highest BCUT2D eigenvalue weighted by molar-refractivity contribution is 7.16. The monoisotopic (exact) mass is 430 g/mol. The van der Waals surface area contributed by atoms with Gasteiger partial charge in [0.2, 0.25) is 10.4 Å².